The van der Waals surface area contributed by atoms with Crippen molar-refractivity contribution in [3.63, 3.8) is 0 Å². The molecule has 0 saturated heterocycles. The van der Waals surface area contributed by atoms with Gasteiger partial charge in [0.15, 0.2) is 0 Å². The maximum Gasteiger partial charge on any atom is 0.120 e. The van der Waals surface area contributed by atoms with Crippen LogP contribution in [0.15, 0.2) is 36.7 Å². The number of aliphatic hydroxyl groups excluding tert-OH is 1. The number of imidazole rings is 1. The van der Waals surface area contributed by atoms with Crippen molar-refractivity contribution in [2.45, 2.75) is 13.5 Å². The first-order chi connectivity index (χ1) is 9.29. The van der Waals surface area contributed by atoms with Gasteiger partial charge in [-0.2, -0.15) is 0 Å². The molecule has 4 nitrogen and oxygen atoms in total. The highest BCUT2D eigenvalue weighted by molar-refractivity contribution is 5.39. The summed E-state index contributed by atoms with van der Waals surface area (Å²) in [5, 5.41) is 8.66. The van der Waals surface area contributed by atoms with E-state index >= 15 is 0 Å². The minimum Gasteiger partial charge on any atom is -0.492 e. The normalized spacial score (nSPS) is 9.79. The molecule has 0 bridgehead atoms. The quantitative estimate of drug-likeness (QED) is 0.845. The van der Waals surface area contributed by atoms with Gasteiger partial charge in [-0.15, -0.1) is 0 Å². The van der Waals surface area contributed by atoms with Crippen molar-refractivity contribution in [3.8, 4) is 17.6 Å². The second kappa shape index (κ2) is 6.62. The van der Waals surface area contributed by atoms with Crippen LogP contribution in [0.1, 0.15) is 11.4 Å². The lowest BCUT2D eigenvalue weighted by atomic mass is 10.2. The molecule has 2 rings (SSSR count). The van der Waals surface area contributed by atoms with Gasteiger partial charge in [0.05, 0.1) is 6.54 Å². The third-order valence-corrected chi connectivity index (χ3v) is 2.67. The van der Waals surface area contributed by atoms with Gasteiger partial charge in [-0.05, 0) is 25.1 Å². The Balaban J connectivity index is 1.91. The number of nitrogens with zero attached hydrogens (tertiary/aromatic N) is 2. The van der Waals surface area contributed by atoms with Gasteiger partial charge in [0.1, 0.15) is 24.8 Å². The van der Waals surface area contributed by atoms with Crippen LogP contribution >= 0.6 is 0 Å². The molecule has 4 heteroatoms. The van der Waals surface area contributed by atoms with E-state index in [1.807, 2.05) is 42.0 Å². The Hall–Kier alpha value is -2.25. The van der Waals surface area contributed by atoms with Gasteiger partial charge in [-0.1, -0.05) is 17.9 Å². The summed E-state index contributed by atoms with van der Waals surface area (Å²) in [6.07, 6.45) is 3.71. The van der Waals surface area contributed by atoms with Crippen LogP contribution in [-0.2, 0) is 6.54 Å². The Labute approximate surface area is 112 Å². The predicted octanol–water partition coefficient (Wildman–Crippen LogP) is 1.61. The summed E-state index contributed by atoms with van der Waals surface area (Å²) >= 11 is 0. The van der Waals surface area contributed by atoms with Crippen LogP contribution in [0.3, 0.4) is 0 Å². The molecule has 0 fully saturated rings. The van der Waals surface area contributed by atoms with Crippen molar-refractivity contribution in [2.75, 3.05) is 13.2 Å². The van der Waals surface area contributed by atoms with Crippen LogP contribution < -0.4 is 4.74 Å². The van der Waals surface area contributed by atoms with Crippen LogP contribution in [0.5, 0.6) is 5.75 Å². The summed E-state index contributed by atoms with van der Waals surface area (Å²) in [7, 11) is 0. The molecule has 1 aromatic heterocycles. The van der Waals surface area contributed by atoms with Crippen LogP contribution in [-0.4, -0.2) is 27.9 Å². The Bertz CT molecular complexity index is 593. The molecule has 0 aliphatic rings. The molecular formula is C15H16N2O2. The van der Waals surface area contributed by atoms with E-state index in [4.69, 9.17) is 9.84 Å². The summed E-state index contributed by atoms with van der Waals surface area (Å²) < 4.78 is 7.71. The second-order valence-corrected chi connectivity index (χ2v) is 4.00. The first-order valence-corrected chi connectivity index (χ1v) is 6.10. The van der Waals surface area contributed by atoms with Crippen molar-refractivity contribution in [3.05, 3.63) is 48.0 Å². The predicted molar refractivity (Wildman–Crippen MR) is 72.9 cm³/mol. The first-order valence-electron chi connectivity index (χ1n) is 6.10. The average Bonchev–Trinajstić information content (AvgIpc) is 2.83. The molecule has 1 N–H and O–H groups in total. The summed E-state index contributed by atoms with van der Waals surface area (Å²) in [5.74, 6) is 7.23. The zero-order valence-electron chi connectivity index (χ0n) is 10.8. The Morgan fingerprint density at radius 1 is 1.42 bits per heavy atom. The van der Waals surface area contributed by atoms with E-state index in [9.17, 15) is 0 Å². The van der Waals surface area contributed by atoms with Gasteiger partial charge in [-0.3, -0.25) is 0 Å². The third-order valence-electron chi connectivity index (χ3n) is 2.67. The van der Waals surface area contributed by atoms with E-state index < -0.39 is 0 Å². The molecule has 98 valence electrons. The molecule has 0 aliphatic carbocycles. The summed E-state index contributed by atoms with van der Waals surface area (Å²) in [6.45, 7) is 3.17. The summed E-state index contributed by atoms with van der Waals surface area (Å²) in [5.41, 5.74) is 0.838. The molecule has 1 heterocycles. The highest BCUT2D eigenvalue weighted by Gasteiger charge is 1.98. The van der Waals surface area contributed by atoms with E-state index in [0.29, 0.717) is 6.61 Å². The number of ether oxygens (including phenoxy) is 1. The number of aryl methyl sites for hydroxylation is 1. The molecule has 0 radical (unpaired) electrons. The molecule has 0 amide bonds. The maximum atomic E-state index is 8.66. The van der Waals surface area contributed by atoms with E-state index in [1.165, 1.54) is 0 Å². The largest absolute Gasteiger partial charge is 0.492 e. The first kappa shape index (κ1) is 13.2. The van der Waals surface area contributed by atoms with E-state index in [0.717, 1.165) is 23.7 Å². The minimum absolute atomic E-state index is 0.134. The van der Waals surface area contributed by atoms with Crippen molar-refractivity contribution >= 4 is 0 Å². The Morgan fingerprint density at radius 3 is 3.05 bits per heavy atom. The molecule has 1 aromatic carbocycles. The van der Waals surface area contributed by atoms with E-state index in [2.05, 4.69) is 16.8 Å². The van der Waals surface area contributed by atoms with Gasteiger partial charge in [0, 0.05) is 18.0 Å². The molecule has 0 saturated carbocycles. The molecule has 0 aliphatic heterocycles. The standard InChI is InChI=1S/C15H16N2O2/c1-13-16-7-8-17(13)9-11-19-15-6-2-4-14(12-15)5-3-10-18/h2,4,6-8,12,18H,9-11H2,1H3. The number of hydrogen-bond donors (Lipinski definition) is 1. The van der Waals surface area contributed by atoms with Crippen molar-refractivity contribution in [1.29, 1.82) is 0 Å². The molecule has 0 spiro atoms. The lowest BCUT2D eigenvalue weighted by Gasteiger charge is -2.08. The molecule has 19 heavy (non-hydrogen) atoms. The monoisotopic (exact) mass is 256 g/mol. The van der Waals surface area contributed by atoms with Gasteiger partial charge in [-0.25, -0.2) is 4.98 Å². The van der Waals surface area contributed by atoms with Gasteiger partial charge in [0.25, 0.3) is 0 Å². The molecule has 0 atom stereocenters. The molecule has 0 unspecified atom stereocenters. The fourth-order valence-electron chi connectivity index (χ4n) is 1.71. The number of aromatic nitrogens is 2. The van der Waals surface area contributed by atoms with Crippen LogP contribution in [0.2, 0.25) is 0 Å². The third kappa shape index (κ3) is 3.87. The van der Waals surface area contributed by atoms with Gasteiger partial charge in [0.2, 0.25) is 0 Å². The van der Waals surface area contributed by atoms with E-state index in [-0.39, 0.29) is 6.61 Å². The van der Waals surface area contributed by atoms with Crippen molar-refractivity contribution < 1.29 is 9.84 Å². The van der Waals surface area contributed by atoms with Crippen LogP contribution in [0, 0.1) is 18.8 Å². The fraction of sp³-hybridized carbons (Fsp3) is 0.267. The lowest BCUT2D eigenvalue weighted by molar-refractivity contribution is 0.297. The summed E-state index contributed by atoms with van der Waals surface area (Å²) in [4.78, 5) is 4.16. The van der Waals surface area contributed by atoms with Crippen molar-refractivity contribution in [1.82, 2.24) is 9.55 Å². The minimum atomic E-state index is -0.134. The number of rotatable bonds is 4. The van der Waals surface area contributed by atoms with Crippen LogP contribution in [0.25, 0.3) is 0 Å². The number of hydrogen-bond acceptors (Lipinski definition) is 3. The number of aliphatic hydroxyl groups is 1. The zero-order valence-corrected chi connectivity index (χ0v) is 10.8. The second-order valence-electron chi connectivity index (χ2n) is 4.00. The maximum absolute atomic E-state index is 8.66. The molecule has 2 aromatic rings. The van der Waals surface area contributed by atoms with Crippen molar-refractivity contribution in [2.24, 2.45) is 0 Å². The van der Waals surface area contributed by atoms with Gasteiger partial charge < -0.3 is 14.4 Å². The smallest absolute Gasteiger partial charge is 0.120 e. The Morgan fingerprint density at radius 2 is 2.32 bits per heavy atom. The topological polar surface area (TPSA) is 47.3 Å². The Kier molecular flexibility index (Phi) is 4.60. The zero-order chi connectivity index (χ0) is 13.5. The summed E-state index contributed by atoms with van der Waals surface area (Å²) in [6, 6.07) is 7.53. The highest BCUT2D eigenvalue weighted by atomic mass is 16.5. The average molecular weight is 256 g/mol. The number of benzene rings is 1. The molecular weight excluding hydrogens is 240 g/mol. The SMILES string of the molecule is Cc1nccn1CCOc1cccc(C#CCO)c1. The fourth-order valence-corrected chi connectivity index (χ4v) is 1.71. The lowest BCUT2D eigenvalue weighted by Crippen LogP contribution is -2.08. The highest BCUT2D eigenvalue weighted by Crippen LogP contribution is 2.12. The van der Waals surface area contributed by atoms with Gasteiger partial charge >= 0.3 is 0 Å². The van der Waals surface area contributed by atoms with E-state index in [1.54, 1.807) is 6.20 Å². The van der Waals surface area contributed by atoms with Crippen LogP contribution in [0.4, 0.5) is 0 Å².